The van der Waals surface area contributed by atoms with E-state index in [2.05, 4.69) is 22.5 Å². The van der Waals surface area contributed by atoms with E-state index in [4.69, 9.17) is 29.0 Å². The van der Waals surface area contributed by atoms with Crippen LogP contribution >= 0.6 is 0 Å². The van der Waals surface area contributed by atoms with Crippen molar-refractivity contribution in [2.45, 2.75) is 101 Å². The van der Waals surface area contributed by atoms with Gasteiger partial charge in [0.1, 0.15) is 11.9 Å². The second-order valence-corrected chi connectivity index (χ2v) is 13.3. The van der Waals surface area contributed by atoms with Gasteiger partial charge in [0.2, 0.25) is 11.6 Å². The zero-order chi connectivity index (χ0) is 28.7. The molecule has 10 heteroatoms. The molecule has 6 aliphatic rings. The maximum atomic E-state index is 12.6. The van der Waals surface area contributed by atoms with Crippen molar-refractivity contribution in [3.63, 3.8) is 0 Å². The lowest BCUT2D eigenvalue weighted by molar-refractivity contribution is -0.681. The van der Waals surface area contributed by atoms with Crippen LogP contribution in [0.5, 0.6) is 5.75 Å². The SMILES string of the molecule is COc1cc(NC(C)CCCNC(=O)OC2CCCC3(C2)OOC2(OO3)C3CC4CC(C3)CC2C4)c2cccnc2c1. The van der Waals surface area contributed by atoms with Gasteiger partial charge >= 0.3 is 6.09 Å². The highest BCUT2D eigenvalue weighted by atomic mass is 17.4. The third kappa shape index (κ3) is 5.42. The van der Waals surface area contributed by atoms with Gasteiger partial charge in [-0.3, -0.25) is 4.98 Å². The number of hydrogen-bond donors (Lipinski definition) is 2. The van der Waals surface area contributed by atoms with Gasteiger partial charge in [0.05, 0.1) is 12.6 Å². The fourth-order valence-corrected chi connectivity index (χ4v) is 8.35. The molecule has 2 atom stereocenters. The molecule has 1 saturated heterocycles. The molecule has 2 unspecified atom stereocenters. The Hall–Kier alpha value is -2.66. The highest BCUT2D eigenvalue weighted by Gasteiger charge is 2.65. The first-order chi connectivity index (χ1) is 20.4. The van der Waals surface area contributed by atoms with Crippen molar-refractivity contribution < 1.29 is 33.8 Å². The van der Waals surface area contributed by atoms with Gasteiger partial charge < -0.3 is 20.1 Å². The molecule has 1 amide bonds. The number of carbonyl (C=O) groups excluding carboxylic acids is 1. The first-order valence-corrected chi connectivity index (χ1v) is 15.8. The summed E-state index contributed by atoms with van der Waals surface area (Å²) in [5, 5.41) is 7.52. The molecule has 0 radical (unpaired) electrons. The average Bonchev–Trinajstić information content (AvgIpc) is 2.99. The first kappa shape index (κ1) is 28.1. The molecule has 10 nitrogen and oxygen atoms in total. The normalized spacial score (nSPS) is 35.8. The molecule has 1 aliphatic heterocycles. The predicted molar refractivity (Wildman–Crippen MR) is 154 cm³/mol. The molecule has 1 aromatic carbocycles. The van der Waals surface area contributed by atoms with Crippen LogP contribution in [0.2, 0.25) is 0 Å². The number of alkyl carbamates (subject to hydrolysis) is 1. The topological polar surface area (TPSA) is 109 Å². The molecule has 2 N–H and O–H groups in total. The molecule has 5 saturated carbocycles. The third-order valence-corrected chi connectivity index (χ3v) is 10.2. The summed E-state index contributed by atoms with van der Waals surface area (Å²) in [6.45, 7) is 2.65. The number of amides is 1. The van der Waals surface area contributed by atoms with Crippen molar-refractivity contribution in [3.8, 4) is 5.75 Å². The van der Waals surface area contributed by atoms with Gasteiger partial charge in [0, 0.05) is 66.7 Å². The number of rotatable bonds is 8. The standard InChI is InChI=1S/C32H43N3O7/c1-20(35-29-18-26(37-2)17-28-27(29)8-5-10-33-28)6-4-11-34-30(36)38-25-7-3-9-31(19-25)39-41-32(42-40-31)23-13-21-12-22(15-23)16-24(32)14-21/h5,8,10,17-18,20-25,35H,3-4,6-7,9,11-16,19H2,1-2H3,(H,34,36). The van der Waals surface area contributed by atoms with Crippen molar-refractivity contribution in [3.05, 3.63) is 30.5 Å². The quantitative estimate of drug-likeness (QED) is 0.276. The maximum Gasteiger partial charge on any atom is 0.407 e. The smallest absolute Gasteiger partial charge is 0.407 e. The van der Waals surface area contributed by atoms with Gasteiger partial charge in [-0.2, -0.15) is 19.6 Å². The van der Waals surface area contributed by atoms with Crippen molar-refractivity contribution in [1.29, 1.82) is 0 Å². The van der Waals surface area contributed by atoms with Crippen molar-refractivity contribution >= 4 is 22.7 Å². The van der Waals surface area contributed by atoms with Gasteiger partial charge in [0.25, 0.3) is 0 Å². The number of nitrogens with one attached hydrogen (secondary N) is 2. The Balaban J connectivity index is 0.853. The Morgan fingerprint density at radius 3 is 2.60 bits per heavy atom. The molecule has 42 heavy (non-hydrogen) atoms. The van der Waals surface area contributed by atoms with Crippen LogP contribution in [-0.4, -0.2) is 48.5 Å². The Labute approximate surface area is 246 Å². The fraction of sp³-hybridized carbons (Fsp3) is 0.688. The maximum absolute atomic E-state index is 12.6. The number of nitrogens with zero attached hydrogens (tertiary/aromatic N) is 1. The molecular weight excluding hydrogens is 538 g/mol. The van der Waals surface area contributed by atoms with Gasteiger partial charge in [0.15, 0.2) is 0 Å². The molecule has 6 fully saturated rings. The van der Waals surface area contributed by atoms with E-state index < -0.39 is 17.7 Å². The lowest BCUT2D eigenvalue weighted by Crippen LogP contribution is -2.65. The van der Waals surface area contributed by atoms with E-state index in [1.54, 1.807) is 13.3 Å². The number of benzene rings is 1. The van der Waals surface area contributed by atoms with Gasteiger partial charge in [-0.05, 0) is 88.7 Å². The zero-order valence-electron chi connectivity index (χ0n) is 24.6. The number of anilines is 1. The summed E-state index contributed by atoms with van der Waals surface area (Å²) >= 11 is 0. The van der Waals surface area contributed by atoms with Crippen LogP contribution in [0.1, 0.15) is 77.6 Å². The first-order valence-electron chi connectivity index (χ1n) is 15.8. The lowest BCUT2D eigenvalue weighted by Gasteiger charge is -2.60. The minimum Gasteiger partial charge on any atom is -0.497 e. The number of fused-ring (bicyclic) bond motifs is 1. The summed E-state index contributed by atoms with van der Waals surface area (Å²) in [5.74, 6) is 1.21. The van der Waals surface area contributed by atoms with Crippen LogP contribution in [0.15, 0.2) is 30.5 Å². The van der Waals surface area contributed by atoms with E-state index in [-0.39, 0.29) is 12.1 Å². The van der Waals surface area contributed by atoms with Crippen LogP contribution in [0, 0.1) is 23.7 Å². The lowest BCUT2D eigenvalue weighted by atomic mass is 9.53. The molecule has 5 aliphatic carbocycles. The molecule has 2 spiro atoms. The highest BCUT2D eigenvalue weighted by molar-refractivity contribution is 5.92. The van der Waals surface area contributed by atoms with E-state index >= 15 is 0 Å². The minimum atomic E-state index is -1.02. The molecular formula is C32H43N3O7. The van der Waals surface area contributed by atoms with E-state index in [1.807, 2.05) is 24.3 Å². The van der Waals surface area contributed by atoms with E-state index in [1.165, 1.54) is 6.42 Å². The summed E-state index contributed by atoms with van der Waals surface area (Å²) in [6, 6.07) is 8.09. The van der Waals surface area contributed by atoms with Crippen LogP contribution in [0.25, 0.3) is 10.9 Å². The van der Waals surface area contributed by atoms with Gasteiger partial charge in [-0.25, -0.2) is 4.79 Å². The molecule has 2 aromatic rings. The molecule has 4 bridgehead atoms. The Morgan fingerprint density at radius 2 is 1.86 bits per heavy atom. The second-order valence-electron chi connectivity index (χ2n) is 13.3. The van der Waals surface area contributed by atoms with E-state index in [9.17, 15) is 4.79 Å². The fourth-order valence-electron chi connectivity index (χ4n) is 8.35. The van der Waals surface area contributed by atoms with Crippen LogP contribution in [0.3, 0.4) is 0 Å². The van der Waals surface area contributed by atoms with Crippen molar-refractivity contribution in [2.24, 2.45) is 23.7 Å². The monoisotopic (exact) mass is 581 g/mol. The Kier molecular flexibility index (Phi) is 7.67. The zero-order valence-corrected chi connectivity index (χ0v) is 24.6. The third-order valence-electron chi connectivity index (χ3n) is 10.2. The summed E-state index contributed by atoms with van der Waals surface area (Å²) in [7, 11) is 1.66. The van der Waals surface area contributed by atoms with Gasteiger partial charge in [-0.15, -0.1) is 0 Å². The van der Waals surface area contributed by atoms with Gasteiger partial charge in [-0.1, -0.05) is 0 Å². The number of carbonyl (C=O) groups is 1. The van der Waals surface area contributed by atoms with E-state index in [0.717, 1.165) is 85.5 Å². The minimum absolute atomic E-state index is 0.190. The second kappa shape index (κ2) is 11.4. The number of ether oxygens (including phenoxy) is 2. The highest BCUT2D eigenvalue weighted by Crippen LogP contribution is 2.61. The number of pyridine rings is 1. The summed E-state index contributed by atoms with van der Waals surface area (Å²) < 4.78 is 11.2. The average molecular weight is 582 g/mol. The van der Waals surface area contributed by atoms with E-state index in [0.29, 0.717) is 31.2 Å². The molecule has 8 rings (SSSR count). The van der Waals surface area contributed by atoms with Crippen LogP contribution in [0.4, 0.5) is 10.5 Å². The molecule has 228 valence electrons. The summed E-state index contributed by atoms with van der Waals surface area (Å²) in [4.78, 5) is 41.5. The van der Waals surface area contributed by atoms with Crippen LogP contribution < -0.4 is 15.4 Å². The number of hydrogen-bond acceptors (Lipinski definition) is 9. The summed E-state index contributed by atoms with van der Waals surface area (Å²) in [5.41, 5.74) is 1.87. The Morgan fingerprint density at radius 1 is 1.10 bits per heavy atom. The Bertz CT molecular complexity index is 1250. The number of methoxy groups -OCH3 is 1. The largest absolute Gasteiger partial charge is 0.497 e. The van der Waals surface area contributed by atoms with Crippen molar-refractivity contribution in [1.82, 2.24) is 10.3 Å². The molecule has 1 aromatic heterocycles. The predicted octanol–water partition coefficient (Wildman–Crippen LogP) is 6.25. The molecule has 2 heterocycles. The van der Waals surface area contributed by atoms with Crippen molar-refractivity contribution in [2.75, 3.05) is 19.0 Å². The van der Waals surface area contributed by atoms with Crippen LogP contribution in [-0.2, 0) is 24.3 Å². The number of aromatic nitrogens is 1. The summed E-state index contributed by atoms with van der Waals surface area (Å²) in [6.07, 6.45) is 11.2.